The normalized spacial score (nSPS) is 15.8. The zero-order valence-electron chi connectivity index (χ0n) is 11.9. The summed E-state index contributed by atoms with van der Waals surface area (Å²) in [6.45, 7) is 2.95. The number of aromatic nitrogens is 4. The second-order valence-corrected chi connectivity index (χ2v) is 4.89. The van der Waals surface area contributed by atoms with Crippen LogP contribution in [0.5, 0.6) is 0 Å². The minimum Gasteiger partial charge on any atom is -0.380 e. The Kier molecular flexibility index (Phi) is 3.92. The summed E-state index contributed by atoms with van der Waals surface area (Å²) in [5, 5.41) is 0. The van der Waals surface area contributed by atoms with Gasteiger partial charge in [-0.05, 0) is 12.5 Å². The van der Waals surface area contributed by atoms with Crippen LogP contribution in [0.4, 0.5) is 5.95 Å². The molecule has 7 nitrogen and oxygen atoms in total. The van der Waals surface area contributed by atoms with E-state index in [4.69, 9.17) is 4.74 Å². The van der Waals surface area contributed by atoms with Gasteiger partial charge < -0.3 is 9.64 Å². The van der Waals surface area contributed by atoms with Crippen molar-refractivity contribution in [3.8, 4) is 11.4 Å². The van der Waals surface area contributed by atoms with Crippen LogP contribution in [-0.2, 0) is 11.8 Å². The summed E-state index contributed by atoms with van der Waals surface area (Å²) in [7, 11) is 1.74. The second-order valence-electron chi connectivity index (χ2n) is 4.89. The van der Waals surface area contributed by atoms with Gasteiger partial charge in [0.15, 0.2) is 0 Å². The first kappa shape index (κ1) is 13.7. The van der Waals surface area contributed by atoms with Crippen molar-refractivity contribution in [3.05, 3.63) is 35.0 Å². The molecule has 0 aromatic carbocycles. The first-order chi connectivity index (χ1) is 10.3. The molecule has 1 fully saturated rings. The van der Waals surface area contributed by atoms with Crippen molar-refractivity contribution >= 4 is 5.95 Å². The van der Waals surface area contributed by atoms with Crippen LogP contribution in [0.1, 0.15) is 6.42 Å². The topological polar surface area (TPSA) is 73.1 Å². The quantitative estimate of drug-likeness (QED) is 0.799. The molecular formula is C14H17N5O2. The average Bonchev–Trinajstić information content (AvgIpc) is 2.80. The van der Waals surface area contributed by atoms with Crippen molar-refractivity contribution in [2.24, 2.45) is 7.05 Å². The van der Waals surface area contributed by atoms with Gasteiger partial charge in [-0.1, -0.05) is 0 Å². The zero-order chi connectivity index (χ0) is 14.7. The molecule has 3 rings (SSSR count). The fourth-order valence-corrected chi connectivity index (χ4v) is 2.33. The lowest BCUT2D eigenvalue weighted by atomic mass is 10.3. The highest BCUT2D eigenvalue weighted by Crippen LogP contribution is 2.17. The van der Waals surface area contributed by atoms with Crippen molar-refractivity contribution in [1.29, 1.82) is 0 Å². The van der Waals surface area contributed by atoms with E-state index in [-0.39, 0.29) is 5.56 Å². The van der Waals surface area contributed by atoms with E-state index < -0.39 is 0 Å². The lowest BCUT2D eigenvalue weighted by Crippen LogP contribution is -2.33. The third-order valence-corrected chi connectivity index (χ3v) is 3.46. The van der Waals surface area contributed by atoms with Crippen molar-refractivity contribution in [3.63, 3.8) is 0 Å². The lowest BCUT2D eigenvalue weighted by Gasteiger charge is -2.23. The molecule has 0 saturated carbocycles. The largest absolute Gasteiger partial charge is 0.380 e. The fraction of sp³-hybridized carbons (Fsp3) is 0.429. The molecule has 1 aliphatic heterocycles. The molecule has 0 unspecified atom stereocenters. The van der Waals surface area contributed by atoms with Crippen LogP contribution in [-0.4, -0.2) is 45.8 Å². The van der Waals surface area contributed by atoms with Crippen LogP contribution >= 0.6 is 0 Å². The van der Waals surface area contributed by atoms with Crippen LogP contribution < -0.4 is 10.5 Å². The van der Waals surface area contributed by atoms with Crippen LogP contribution in [0.2, 0.25) is 0 Å². The van der Waals surface area contributed by atoms with Gasteiger partial charge >= 0.3 is 0 Å². The number of rotatable bonds is 2. The molecule has 7 heteroatoms. The molecule has 0 atom stereocenters. The molecule has 2 aromatic rings. The van der Waals surface area contributed by atoms with E-state index >= 15 is 0 Å². The lowest BCUT2D eigenvalue weighted by molar-refractivity contribution is 0.152. The Morgan fingerprint density at radius 1 is 1.24 bits per heavy atom. The van der Waals surface area contributed by atoms with Gasteiger partial charge in [0.1, 0.15) is 6.33 Å². The SMILES string of the molecule is Cn1c(N2CCCOCC2)nc(-c2ccncn2)cc1=O. The molecule has 0 bridgehead atoms. The maximum absolute atomic E-state index is 12.2. The molecule has 0 amide bonds. The molecule has 110 valence electrons. The van der Waals surface area contributed by atoms with E-state index in [9.17, 15) is 4.79 Å². The standard InChI is InChI=1S/C14H17N5O2/c1-18-13(20)9-12(11-3-4-15-10-16-11)17-14(18)19-5-2-7-21-8-6-19/h3-4,9-10H,2,5-8H2,1H3. The molecule has 3 heterocycles. The molecule has 21 heavy (non-hydrogen) atoms. The molecular weight excluding hydrogens is 270 g/mol. The van der Waals surface area contributed by atoms with Gasteiger partial charge in [-0.25, -0.2) is 15.0 Å². The highest BCUT2D eigenvalue weighted by Gasteiger charge is 2.16. The molecule has 0 radical (unpaired) electrons. The Hall–Kier alpha value is -2.28. The third-order valence-electron chi connectivity index (χ3n) is 3.46. The van der Waals surface area contributed by atoms with Gasteiger partial charge in [-0.3, -0.25) is 9.36 Å². The van der Waals surface area contributed by atoms with Gasteiger partial charge in [-0.2, -0.15) is 0 Å². The van der Waals surface area contributed by atoms with E-state index in [1.54, 1.807) is 23.9 Å². The predicted molar refractivity (Wildman–Crippen MR) is 78.2 cm³/mol. The minimum absolute atomic E-state index is 0.0984. The first-order valence-electron chi connectivity index (χ1n) is 6.93. The van der Waals surface area contributed by atoms with Gasteiger partial charge in [-0.15, -0.1) is 0 Å². The molecule has 1 saturated heterocycles. The minimum atomic E-state index is -0.0984. The Bertz CT molecular complexity index is 663. The summed E-state index contributed by atoms with van der Waals surface area (Å²) >= 11 is 0. The summed E-state index contributed by atoms with van der Waals surface area (Å²) in [6.07, 6.45) is 4.02. The smallest absolute Gasteiger partial charge is 0.255 e. The summed E-state index contributed by atoms with van der Waals surface area (Å²) in [6, 6.07) is 3.25. The Morgan fingerprint density at radius 3 is 2.95 bits per heavy atom. The number of nitrogens with zero attached hydrogens (tertiary/aromatic N) is 5. The molecule has 2 aromatic heterocycles. The summed E-state index contributed by atoms with van der Waals surface area (Å²) < 4.78 is 7.02. The van der Waals surface area contributed by atoms with Crippen molar-refractivity contribution in [1.82, 2.24) is 19.5 Å². The van der Waals surface area contributed by atoms with Crippen molar-refractivity contribution < 1.29 is 4.74 Å². The molecule has 1 aliphatic rings. The fourth-order valence-electron chi connectivity index (χ4n) is 2.33. The Labute approximate surface area is 122 Å². The Balaban J connectivity index is 2.03. The summed E-state index contributed by atoms with van der Waals surface area (Å²) in [5.41, 5.74) is 1.12. The maximum Gasteiger partial charge on any atom is 0.255 e. The summed E-state index contributed by atoms with van der Waals surface area (Å²) in [5.74, 6) is 0.654. The number of ether oxygens (including phenoxy) is 1. The number of anilines is 1. The highest BCUT2D eigenvalue weighted by atomic mass is 16.5. The predicted octanol–water partition coefficient (Wildman–Crippen LogP) is 0.464. The number of hydrogen-bond acceptors (Lipinski definition) is 6. The first-order valence-corrected chi connectivity index (χ1v) is 6.93. The van der Waals surface area contributed by atoms with Gasteiger partial charge in [0, 0.05) is 39.0 Å². The second kappa shape index (κ2) is 6.01. The van der Waals surface area contributed by atoms with E-state index in [0.717, 1.165) is 26.1 Å². The van der Waals surface area contributed by atoms with Gasteiger partial charge in [0.2, 0.25) is 5.95 Å². The average molecular weight is 287 g/mol. The van der Waals surface area contributed by atoms with Crippen LogP contribution in [0.15, 0.2) is 29.5 Å². The van der Waals surface area contributed by atoms with Gasteiger partial charge in [0.05, 0.1) is 18.0 Å². The molecule has 0 spiro atoms. The maximum atomic E-state index is 12.2. The third kappa shape index (κ3) is 2.92. The summed E-state index contributed by atoms with van der Waals surface area (Å²) in [4.78, 5) is 26.9. The van der Waals surface area contributed by atoms with E-state index in [1.165, 1.54) is 12.4 Å². The number of hydrogen-bond donors (Lipinski definition) is 0. The molecule has 0 N–H and O–H groups in total. The van der Waals surface area contributed by atoms with Crippen LogP contribution in [0.25, 0.3) is 11.4 Å². The monoisotopic (exact) mass is 287 g/mol. The highest BCUT2D eigenvalue weighted by molar-refractivity contribution is 5.55. The van der Waals surface area contributed by atoms with Crippen LogP contribution in [0, 0.1) is 0 Å². The van der Waals surface area contributed by atoms with E-state index in [2.05, 4.69) is 19.9 Å². The van der Waals surface area contributed by atoms with E-state index in [0.29, 0.717) is 23.9 Å². The Morgan fingerprint density at radius 2 is 2.14 bits per heavy atom. The van der Waals surface area contributed by atoms with Gasteiger partial charge in [0.25, 0.3) is 5.56 Å². The zero-order valence-corrected chi connectivity index (χ0v) is 11.9. The van der Waals surface area contributed by atoms with Crippen molar-refractivity contribution in [2.75, 3.05) is 31.2 Å². The van der Waals surface area contributed by atoms with E-state index in [1.807, 2.05) is 0 Å². The molecule has 0 aliphatic carbocycles. The van der Waals surface area contributed by atoms with Crippen molar-refractivity contribution in [2.45, 2.75) is 6.42 Å². The van der Waals surface area contributed by atoms with Crippen LogP contribution in [0.3, 0.4) is 0 Å².